The average Bonchev–Trinajstić information content (AvgIpc) is 2.47. The molecule has 2 N–H and O–H groups in total. The number of benzene rings is 1. The molecule has 0 atom stereocenters. The highest BCUT2D eigenvalue weighted by Gasteiger charge is 2.22. The number of hydrogen-bond donors (Lipinski definition) is 2. The van der Waals surface area contributed by atoms with E-state index in [1.165, 1.54) is 0 Å². The Morgan fingerprint density at radius 1 is 1.25 bits per heavy atom. The molecule has 0 saturated heterocycles. The quantitative estimate of drug-likeness (QED) is 0.898. The Bertz CT molecular complexity index is 471. The number of nitrogens with one attached hydrogen (secondary N) is 2. The molecule has 0 aromatic heterocycles. The number of hydrogen-bond acceptors (Lipinski definition) is 3. The zero-order valence-electron chi connectivity index (χ0n) is 11.9. The Balaban J connectivity index is 1.98. The molecule has 0 aliphatic heterocycles. The van der Waals surface area contributed by atoms with Crippen LogP contribution in [-0.4, -0.2) is 32.1 Å². The van der Waals surface area contributed by atoms with Crippen molar-refractivity contribution in [3.8, 4) is 5.75 Å². The van der Waals surface area contributed by atoms with Crippen LogP contribution >= 0.6 is 11.6 Å². The molecule has 110 valence electrons. The van der Waals surface area contributed by atoms with Crippen molar-refractivity contribution in [1.82, 2.24) is 10.6 Å². The number of rotatable bonds is 4. The average molecular weight is 297 g/mol. The highest BCUT2D eigenvalue weighted by molar-refractivity contribution is 6.30. The summed E-state index contributed by atoms with van der Waals surface area (Å²) in [6.45, 7) is 0. The van der Waals surface area contributed by atoms with E-state index in [1.807, 2.05) is 7.05 Å². The van der Waals surface area contributed by atoms with Gasteiger partial charge in [-0.15, -0.1) is 0 Å². The van der Waals surface area contributed by atoms with Gasteiger partial charge in [0.25, 0.3) is 5.91 Å². The van der Waals surface area contributed by atoms with Crippen LogP contribution in [0.3, 0.4) is 0 Å². The normalized spacial score (nSPS) is 22.4. The van der Waals surface area contributed by atoms with Gasteiger partial charge in [-0.1, -0.05) is 11.6 Å². The van der Waals surface area contributed by atoms with Crippen LogP contribution in [0.2, 0.25) is 5.02 Å². The zero-order valence-corrected chi connectivity index (χ0v) is 12.7. The lowest BCUT2D eigenvalue weighted by atomic mass is 9.91. The summed E-state index contributed by atoms with van der Waals surface area (Å²) in [5.74, 6) is 0.422. The second kappa shape index (κ2) is 6.95. The van der Waals surface area contributed by atoms with Gasteiger partial charge in [0.2, 0.25) is 0 Å². The van der Waals surface area contributed by atoms with Crippen LogP contribution in [0.1, 0.15) is 36.0 Å². The van der Waals surface area contributed by atoms with Gasteiger partial charge in [-0.05, 0) is 50.9 Å². The lowest BCUT2D eigenvalue weighted by Crippen LogP contribution is -2.41. The summed E-state index contributed by atoms with van der Waals surface area (Å²) >= 11 is 5.91. The first kappa shape index (κ1) is 15.1. The van der Waals surface area contributed by atoms with Gasteiger partial charge in [-0.2, -0.15) is 0 Å². The van der Waals surface area contributed by atoms with Gasteiger partial charge in [-0.3, -0.25) is 4.79 Å². The summed E-state index contributed by atoms with van der Waals surface area (Å²) in [4.78, 5) is 12.3. The molecule has 2 rings (SSSR count). The molecule has 0 bridgehead atoms. The second-order valence-corrected chi connectivity index (χ2v) is 5.59. The van der Waals surface area contributed by atoms with Crippen molar-refractivity contribution < 1.29 is 9.53 Å². The zero-order chi connectivity index (χ0) is 14.5. The molecule has 1 amide bonds. The smallest absolute Gasteiger partial charge is 0.255 e. The minimum absolute atomic E-state index is 0.0913. The molecule has 4 nitrogen and oxygen atoms in total. The van der Waals surface area contributed by atoms with Crippen LogP contribution in [0, 0.1) is 0 Å². The van der Waals surface area contributed by atoms with Gasteiger partial charge >= 0.3 is 0 Å². The topological polar surface area (TPSA) is 50.4 Å². The predicted octanol–water partition coefficient (Wildman–Crippen LogP) is 2.61. The molecule has 1 aromatic carbocycles. The molecule has 1 aromatic rings. The molecule has 5 heteroatoms. The van der Waals surface area contributed by atoms with Gasteiger partial charge in [0.1, 0.15) is 5.75 Å². The van der Waals surface area contributed by atoms with Crippen LogP contribution in [-0.2, 0) is 0 Å². The fourth-order valence-electron chi connectivity index (χ4n) is 2.64. The van der Waals surface area contributed by atoms with Crippen molar-refractivity contribution in [2.75, 3.05) is 14.2 Å². The molecule has 1 fully saturated rings. The van der Waals surface area contributed by atoms with Gasteiger partial charge in [0.15, 0.2) is 0 Å². The maximum Gasteiger partial charge on any atom is 0.255 e. The molecular formula is C15H21ClN2O2. The first-order valence-corrected chi connectivity index (χ1v) is 7.33. The van der Waals surface area contributed by atoms with E-state index < -0.39 is 0 Å². The molecule has 0 spiro atoms. The first-order chi connectivity index (χ1) is 9.63. The van der Waals surface area contributed by atoms with E-state index in [0.717, 1.165) is 25.7 Å². The minimum atomic E-state index is -0.0913. The fourth-order valence-corrected chi connectivity index (χ4v) is 2.80. The number of halogens is 1. The van der Waals surface area contributed by atoms with Crippen molar-refractivity contribution >= 4 is 17.5 Å². The van der Waals surface area contributed by atoms with E-state index in [0.29, 0.717) is 22.4 Å². The Morgan fingerprint density at radius 3 is 2.50 bits per heavy atom. The third-order valence-corrected chi connectivity index (χ3v) is 4.11. The second-order valence-electron chi connectivity index (χ2n) is 5.16. The summed E-state index contributed by atoms with van der Waals surface area (Å²) < 4.78 is 5.22. The minimum Gasteiger partial charge on any atom is -0.496 e. The maximum atomic E-state index is 12.3. The predicted molar refractivity (Wildman–Crippen MR) is 80.6 cm³/mol. The van der Waals surface area contributed by atoms with E-state index in [9.17, 15) is 4.79 Å². The Hall–Kier alpha value is -1.26. The lowest BCUT2D eigenvalue weighted by molar-refractivity contribution is 0.0921. The van der Waals surface area contributed by atoms with Crippen LogP contribution in [0.25, 0.3) is 0 Å². The Labute approximate surface area is 124 Å². The SMILES string of the molecule is CNC1CCC(NC(=O)c2ccc(Cl)cc2OC)CC1. The van der Waals surface area contributed by atoms with E-state index in [1.54, 1.807) is 25.3 Å². The van der Waals surface area contributed by atoms with Crippen LogP contribution in [0.4, 0.5) is 0 Å². The molecule has 1 aliphatic carbocycles. The standard InChI is InChI=1S/C15H21ClN2O2/c1-17-11-4-6-12(7-5-11)18-15(19)13-8-3-10(16)9-14(13)20-2/h3,8-9,11-12,17H,4-7H2,1-2H3,(H,18,19). The number of methoxy groups -OCH3 is 1. The fraction of sp³-hybridized carbons (Fsp3) is 0.533. The summed E-state index contributed by atoms with van der Waals surface area (Å²) in [7, 11) is 3.53. The largest absolute Gasteiger partial charge is 0.496 e. The van der Waals surface area contributed by atoms with Gasteiger partial charge in [0, 0.05) is 17.1 Å². The first-order valence-electron chi connectivity index (χ1n) is 6.95. The number of carbonyl (C=O) groups is 1. The van der Waals surface area contributed by atoms with Crippen molar-refractivity contribution in [1.29, 1.82) is 0 Å². The maximum absolute atomic E-state index is 12.3. The molecule has 0 heterocycles. The summed E-state index contributed by atoms with van der Waals surface area (Å²) in [5, 5.41) is 6.93. The lowest BCUT2D eigenvalue weighted by Gasteiger charge is -2.29. The van der Waals surface area contributed by atoms with Gasteiger partial charge in [-0.25, -0.2) is 0 Å². The van der Waals surface area contributed by atoms with Gasteiger partial charge < -0.3 is 15.4 Å². The number of ether oxygens (including phenoxy) is 1. The molecular weight excluding hydrogens is 276 g/mol. The third kappa shape index (κ3) is 3.64. The third-order valence-electron chi connectivity index (χ3n) is 3.88. The number of carbonyl (C=O) groups excluding carboxylic acids is 1. The van der Waals surface area contributed by atoms with Crippen molar-refractivity contribution in [2.24, 2.45) is 0 Å². The monoisotopic (exact) mass is 296 g/mol. The van der Waals surface area contributed by atoms with E-state index in [2.05, 4.69) is 10.6 Å². The van der Waals surface area contributed by atoms with Crippen LogP contribution in [0.15, 0.2) is 18.2 Å². The van der Waals surface area contributed by atoms with Crippen molar-refractivity contribution in [3.63, 3.8) is 0 Å². The molecule has 0 unspecified atom stereocenters. The van der Waals surface area contributed by atoms with E-state index in [-0.39, 0.29) is 11.9 Å². The van der Waals surface area contributed by atoms with Crippen molar-refractivity contribution in [3.05, 3.63) is 28.8 Å². The summed E-state index contributed by atoms with van der Waals surface area (Å²) in [6.07, 6.45) is 4.21. The Morgan fingerprint density at radius 2 is 1.90 bits per heavy atom. The molecule has 1 aliphatic rings. The van der Waals surface area contributed by atoms with Crippen LogP contribution in [0.5, 0.6) is 5.75 Å². The van der Waals surface area contributed by atoms with E-state index >= 15 is 0 Å². The molecule has 20 heavy (non-hydrogen) atoms. The number of amides is 1. The highest BCUT2D eigenvalue weighted by atomic mass is 35.5. The summed E-state index contributed by atoms with van der Waals surface area (Å²) in [5.41, 5.74) is 0.535. The molecule has 0 radical (unpaired) electrons. The van der Waals surface area contributed by atoms with E-state index in [4.69, 9.17) is 16.3 Å². The highest BCUT2D eigenvalue weighted by Crippen LogP contribution is 2.24. The van der Waals surface area contributed by atoms with Crippen LogP contribution < -0.4 is 15.4 Å². The Kier molecular flexibility index (Phi) is 5.26. The van der Waals surface area contributed by atoms with Crippen molar-refractivity contribution in [2.45, 2.75) is 37.8 Å². The molecule has 1 saturated carbocycles. The van der Waals surface area contributed by atoms with Gasteiger partial charge in [0.05, 0.1) is 12.7 Å². The summed E-state index contributed by atoms with van der Waals surface area (Å²) in [6, 6.07) is 5.89.